The second-order valence-electron chi connectivity index (χ2n) is 7.50. The van der Waals surface area contributed by atoms with Crippen molar-refractivity contribution in [2.24, 2.45) is 10.4 Å². The first-order chi connectivity index (χ1) is 9.29. The second-order valence-corrected chi connectivity index (χ2v) is 7.50. The molecule has 0 aromatic carbocycles. The average molecular weight is 408 g/mol. The lowest BCUT2D eigenvalue weighted by Gasteiger charge is -2.62. The van der Waals surface area contributed by atoms with Gasteiger partial charge in [-0.25, -0.2) is 0 Å². The Labute approximate surface area is 147 Å². The van der Waals surface area contributed by atoms with Crippen LogP contribution in [0, 0.1) is 5.41 Å². The fourth-order valence-corrected chi connectivity index (χ4v) is 3.20. The first-order valence-corrected chi connectivity index (χ1v) is 8.06. The quantitative estimate of drug-likeness (QED) is 0.443. The van der Waals surface area contributed by atoms with E-state index in [0.29, 0.717) is 11.5 Å². The number of guanidine groups is 1. The van der Waals surface area contributed by atoms with Gasteiger partial charge in [-0.15, -0.1) is 24.0 Å². The summed E-state index contributed by atoms with van der Waals surface area (Å²) >= 11 is 0. The van der Waals surface area contributed by atoms with E-state index in [1.54, 1.807) is 0 Å². The van der Waals surface area contributed by atoms with Crippen LogP contribution >= 0.6 is 24.0 Å². The van der Waals surface area contributed by atoms with Gasteiger partial charge in [0, 0.05) is 30.1 Å². The maximum atomic E-state index is 4.92. The standard InChI is InChI=1S/C16H32N4.HI/c1-7-17-14(18-11-13-9-8-10-19(13)6)20-12-15(2,3)16(20,4)5;/h13H,7-12H2,1-6H3,(H,17,18);1H. The number of hydrogen-bond acceptors (Lipinski definition) is 2. The van der Waals surface area contributed by atoms with Crippen molar-refractivity contribution in [3.63, 3.8) is 0 Å². The summed E-state index contributed by atoms with van der Waals surface area (Å²) < 4.78 is 0. The minimum absolute atomic E-state index is 0. The fourth-order valence-electron chi connectivity index (χ4n) is 3.20. The number of likely N-dealkylation sites (tertiary alicyclic amines) is 2. The second kappa shape index (κ2) is 7.02. The van der Waals surface area contributed by atoms with Gasteiger partial charge in [-0.3, -0.25) is 4.99 Å². The van der Waals surface area contributed by atoms with Crippen LogP contribution in [0.2, 0.25) is 0 Å². The van der Waals surface area contributed by atoms with Gasteiger partial charge in [0.1, 0.15) is 0 Å². The zero-order chi connectivity index (χ0) is 15.0. The SMILES string of the molecule is CCNC(=NCC1CCCN1C)N1CC(C)(C)C1(C)C.I. The lowest BCUT2D eigenvalue weighted by atomic mass is 9.65. The van der Waals surface area contributed by atoms with Crippen LogP contribution in [0.25, 0.3) is 0 Å². The first kappa shape index (κ1) is 19.0. The molecule has 2 heterocycles. The number of nitrogens with one attached hydrogen (secondary N) is 1. The Morgan fingerprint density at radius 1 is 1.29 bits per heavy atom. The molecule has 0 aliphatic carbocycles. The number of nitrogens with zero attached hydrogens (tertiary/aromatic N) is 3. The average Bonchev–Trinajstić information content (AvgIpc) is 2.77. The molecule has 0 aromatic heterocycles. The van der Waals surface area contributed by atoms with Gasteiger partial charge in [0.15, 0.2) is 5.96 Å². The van der Waals surface area contributed by atoms with Gasteiger partial charge in [0.25, 0.3) is 0 Å². The predicted octanol–water partition coefficient (Wildman–Crippen LogP) is 2.78. The summed E-state index contributed by atoms with van der Waals surface area (Å²) in [6.45, 7) is 15.7. The Kier molecular flexibility index (Phi) is 6.36. The molecule has 0 amide bonds. The predicted molar refractivity (Wildman–Crippen MR) is 102 cm³/mol. The third-order valence-electron chi connectivity index (χ3n) is 5.60. The highest BCUT2D eigenvalue weighted by Gasteiger charge is 2.53. The van der Waals surface area contributed by atoms with Crippen LogP contribution < -0.4 is 5.32 Å². The Morgan fingerprint density at radius 2 is 1.95 bits per heavy atom. The van der Waals surface area contributed by atoms with Gasteiger partial charge < -0.3 is 15.1 Å². The van der Waals surface area contributed by atoms with Crippen molar-refractivity contribution in [3.05, 3.63) is 0 Å². The van der Waals surface area contributed by atoms with E-state index in [1.165, 1.54) is 19.4 Å². The van der Waals surface area contributed by atoms with Crippen molar-refractivity contribution in [3.8, 4) is 0 Å². The van der Waals surface area contributed by atoms with E-state index in [4.69, 9.17) is 4.99 Å². The maximum Gasteiger partial charge on any atom is 0.194 e. The molecule has 0 radical (unpaired) electrons. The summed E-state index contributed by atoms with van der Waals surface area (Å²) in [5, 5.41) is 3.47. The lowest BCUT2D eigenvalue weighted by Crippen LogP contribution is -2.72. The largest absolute Gasteiger partial charge is 0.356 e. The van der Waals surface area contributed by atoms with Crippen LogP contribution in [0.5, 0.6) is 0 Å². The molecule has 124 valence electrons. The molecule has 2 aliphatic heterocycles. The van der Waals surface area contributed by atoms with E-state index in [0.717, 1.165) is 25.6 Å². The lowest BCUT2D eigenvalue weighted by molar-refractivity contribution is -0.0668. The van der Waals surface area contributed by atoms with E-state index < -0.39 is 0 Å². The van der Waals surface area contributed by atoms with Crippen LogP contribution in [0.4, 0.5) is 0 Å². The minimum Gasteiger partial charge on any atom is -0.356 e. The van der Waals surface area contributed by atoms with Crippen molar-refractivity contribution < 1.29 is 0 Å². The number of aliphatic imine (C=N–C) groups is 1. The number of likely N-dealkylation sites (N-methyl/N-ethyl adjacent to an activating group) is 1. The van der Waals surface area contributed by atoms with Crippen molar-refractivity contribution >= 4 is 29.9 Å². The third kappa shape index (κ3) is 3.66. The molecule has 1 atom stereocenters. The van der Waals surface area contributed by atoms with Gasteiger partial charge in [-0.1, -0.05) is 13.8 Å². The third-order valence-corrected chi connectivity index (χ3v) is 5.60. The molecule has 0 spiro atoms. The molecule has 4 nitrogen and oxygen atoms in total. The molecule has 0 aromatic rings. The van der Waals surface area contributed by atoms with E-state index >= 15 is 0 Å². The molecule has 1 N–H and O–H groups in total. The maximum absolute atomic E-state index is 4.92. The highest BCUT2D eigenvalue weighted by molar-refractivity contribution is 14.0. The molecule has 2 fully saturated rings. The number of rotatable bonds is 3. The van der Waals surface area contributed by atoms with Gasteiger partial charge in [-0.05, 0) is 47.2 Å². The zero-order valence-electron chi connectivity index (χ0n) is 14.6. The Balaban J connectivity index is 0.00000220. The molecule has 0 bridgehead atoms. The summed E-state index contributed by atoms with van der Waals surface area (Å²) in [6, 6.07) is 0.626. The molecular weight excluding hydrogens is 375 g/mol. The molecule has 21 heavy (non-hydrogen) atoms. The number of halogens is 1. The smallest absolute Gasteiger partial charge is 0.194 e. The Morgan fingerprint density at radius 3 is 2.38 bits per heavy atom. The van der Waals surface area contributed by atoms with Crippen molar-refractivity contribution in [2.75, 3.05) is 33.2 Å². The zero-order valence-corrected chi connectivity index (χ0v) is 16.9. The van der Waals surface area contributed by atoms with Crippen LogP contribution in [0.3, 0.4) is 0 Å². The van der Waals surface area contributed by atoms with Crippen LogP contribution in [0.15, 0.2) is 4.99 Å². The summed E-state index contributed by atoms with van der Waals surface area (Å²) in [6.07, 6.45) is 2.60. The topological polar surface area (TPSA) is 30.9 Å². The van der Waals surface area contributed by atoms with Gasteiger partial charge >= 0.3 is 0 Å². The minimum atomic E-state index is 0. The van der Waals surface area contributed by atoms with Gasteiger partial charge in [-0.2, -0.15) is 0 Å². The first-order valence-electron chi connectivity index (χ1n) is 8.06. The molecule has 1 unspecified atom stereocenters. The van der Waals surface area contributed by atoms with Crippen LogP contribution in [0.1, 0.15) is 47.5 Å². The van der Waals surface area contributed by atoms with Gasteiger partial charge in [0.05, 0.1) is 6.54 Å². The summed E-state index contributed by atoms with van der Waals surface area (Å²) in [5.41, 5.74) is 0.531. The molecule has 2 aliphatic rings. The fraction of sp³-hybridized carbons (Fsp3) is 0.938. The van der Waals surface area contributed by atoms with Crippen molar-refractivity contribution in [1.82, 2.24) is 15.1 Å². The molecule has 2 saturated heterocycles. The normalized spacial score (nSPS) is 28.0. The molecular formula is C16H33IN4. The number of hydrogen-bond donors (Lipinski definition) is 1. The monoisotopic (exact) mass is 408 g/mol. The van der Waals surface area contributed by atoms with Crippen molar-refractivity contribution in [2.45, 2.75) is 59.0 Å². The highest BCUT2D eigenvalue weighted by Crippen LogP contribution is 2.46. The van der Waals surface area contributed by atoms with E-state index in [-0.39, 0.29) is 29.5 Å². The van der Waals surface area contributed by atoms with Gasteiger partial charge in [0.2, 0.25) is 0 Å². The summed E-state index contributed by atoms with van der Waals surface area (Å²) in [5.74, 6) is 1.09. The van der Waals surface area contributed by atoms with Crippen LogP contribution in [-0.4, -0.2) is 60.6 Å². The Bertz CT molecular complexity index is 378. The summed E-state index contributed by atoms with van der Waals surface area (Å²) in [7, 11) is 2.22. The van der Waals surface area contributed by atoms with E-state index in [1.807, 2.05) is 0 Å². The molecule has 5 heteroatoms. The molecule has 0 saturated carbocycles. The Hall–Kier alpha value is -0.0400. The van der Waals surface area contributed by atoms with E-state index in [9.17, 15) is 0 Å². The van der Waals surface area contributed by atoms with Crippen molar-refractivity contribution in [1.29, 1.82) is 0 Å². The van der Waals surface area contributed by atoms with Crippen LogP contribution in [-0.2, 0) is 0 Å². The van der Waals surface area contributed by atoms with E-state index in [2.05, 4.69) is 56.8 Å². The highest BCUT2D eigenvalue weighted by atomic mass is 127. The molecule has 2 rings (SSSR count). The summed E-state index contributed by atoms with van der Waals surface area (Å²) in [4.78, 5) is 9.80.